The summed E-state index contributed by atoms with van der Waals surface area (Å²) >= 11 is 0. The molecule has 0 N–H and O–H groups in total. The van der Waals surface area contributed by atoms with Gasteiger partial charge in [0.2, 0.25) is 0 Å². The molecular weight excluding hydrogens is 128 g/mol. The van der Waals surface area contributed by atoms with E-state index >= 15 is 0 Å². The van der Waals surface area contributed by atoms with Crippen molar-refractivity contribution >= 4 is 10.0 Å². The van der Waals surface area contributed by atoms with Crippen LogP contribution in [0.4, 0.5) is 0 Å². The molecule has 0 saturated carbocycles. The molecule has 1 saturated heterocycles. The molecule has 0 aliphatic carbocycles. The lowest BCUT2D eigenvalue weighted by atomic mass is 10.3. The van der Waals surface area contributed by atoms with Gasteiger partial charge in [0.15, 0.2) is 0 Å². The Hall–Kier alpha value is 0.350. The average Bonchev–Trinajstić information content (AvgIpc) is 2.50. The third-order valence-corrected chi connectivity index (χ3v) is 5.22. The summed E-state index contributed by atoms with van der Waals surface area (Å²) < 4.78 is 0. The Kier molecular flexibility index (Phi) is 2.45. The Bertz CT molecular complexity index is 84.6. The predicted octanol–water partition coefficient (Wildman–Crippen LogP) is 2.62. The van der Waals surface area contributed by atoms with Crippen LogP contribution in [-0.2, 0) is 0 Å². The molecule has 1 rings (SSSR count). The van der Waals surface area contributed by atoms with Crippen LogP contribution in [0.15, 0.2) is 0 Å². The van der Waals surface area contributed by atoms with E-state index in [9.17, 15) is 0 Å². The fourth-order valence-electron chi connectivity index (χ4n) is 1.05. The van der Waals surface area contributed by atoms with Crippen LogP contribution in [0.5, 0.6) is 0 Å². The summed E-state index contributed by atoms with van der Waals surface area (Å²) in [6, 6.07) is 0. The first kappa shape index (κ1) is 7.46. The minimum absolute atomic E-state index is 0.0536. The molecule has 56 valence electrons. The van der Waals surface area contributed by atoms with Crippen LogP contribution in [0, 0.1) is 0 Å². The van der Waals surface area contributed by atoms with Gasteiger partial charge in [-0.15, -0.1) is 0 Å². The standard InChI is InChI=1S/C8H18S/c1-3-4-5-6-9(2)7-8-9/h3-8H2,1-2H3. The van der Waals surface area contributed by atoms with Crippen molar-refractivity contribution in [2.45, 2.75) is 26.2 Å². The fourth-order valence-corrected chi connectivity index (χ4v) is 3.49. The normalized spacial score (nSPS) is 25.6. The Balaban J connectivity index is 1.92. The minimum Gasteiger partial charge on any atom is -0.242 e. The first-order valence-corrected chi connectivity index (χ1v) is 6.53. The maximum Gasteiger partial charge on any atom is -0.0153 e. The van der Waals surface area contributed by atoms with E-state index in [1.54, 1.807) is 17.3 Å². The van der Waals surface area contributed by atoms with E-state index in [4.69, 9.17) is 0 Å². The smallest absolute Gasteiger partial charge is 0.0153 e. The molecule has 0 atom stereocenters. The number of hydrogen-bond acceptors (Lipinski definition) is 0. The highest BCUT2D eigenvalue weighted by Crippen LogP contribution is 2.58. The molecule has 0 spiro atoms. The molecule has 9 heavy (non-hydrogen) atoms. The van der Waals surface area contributed by atoms with Gasteiger partial charge < -0.3 is 0 Å². The number of unbranched alkanes of at least 4 members (excludes halogenated alkanes) is 2. The lowest BCUT2D eigenvalue weighted by Crippen LogP contribution is -1.86. The van der Waals surface area contributed by atoms with Crippen molar-refractivity contribution in [3.63, 3.8) is 0 Å². The van der Waals surface area contributed by atoms with Crippen molar-refractivity contribution < 1.29 is 0 Å². The van der Waals surface area contributed by atoms with Gasteiger partial charge in [-0.1, -0.05) is 19.8 Å². The van der Waals surface area contributed by atoms with Gasteiger partial charge in [-0.05, 0) is 29.9 Å². The minimum atomic E-state index is 0.0536. The summed E-state index contributed by atoms with van der Waals surface area (Å²) in [5, 5.41) is 0. The molecule has 1 aliphatic rings. The lowest BCUT2D eigenvalue weighted by Gasteiger charge is -2.11. The maximum absolute atomic E-state index is 2.50. The topological polar surface area (TPSA) is 0 Å². The van der Waals surface area contributed by atoms with E-state index in [1.165, 1.54) is 19.3 Å². The molecule has 1 fully saturated rings. The van der Waals surface area contributed by atoms with Crippen LogP contribution in [-0.4, -0.2) is 23.5 Å². The van der Waals surface area contributed by atoms with Crippen molar-refractivity contribution in [2.75, 3.05) is 23.5 Å². The van der Waals surface area contributed by atoms with Gasteiger partial charge >= 0.3 is 0 Å². The summed E-state index contributed by atoms with van der Waals surface area (Å²) in [6.45, 7) is 2.28. The lowest BCUT2D eigenvalue weighted by molar-refractivity contribution is 0.778. The first-order chi connectivity index (χ1) is 4.27. The van der Waals surface area contributed by atoms with Crippen molar-refractivity contribution in [2.24, 2.45) is 0 Å². The van der Waals surface area contributed by atoms with E-state index < -0.39 is 0 Å². The monoisotopic (exact) mass is 146 g/mol. The van der Waals surface area contributed by atoms with Gasteiger partial charge in [0.25, 0.3) is 0 Å². The van der Waals surface area contributed by atoms with Crippen LogP contribution in [0.2, 0.25) is 0 Å². The third kappa shape index (κ3) is 2.61. The molecule has 0 unspecified atom stereocenters. The second-order valence-electron chi connectivity index (χ2n) is 3.30. The van der Waals surface area contributed by atoms with Crippen molar-refractivity contribution in [3.8, 4) is 0 Å². The third-order valence-electron chi connectivity index (χ3n) is 2.14. The highest BCUT2D eigenvalue weighted by molar-refractivity contribution is 8.38. The SMILES string of the molecule is CCCCCS1(C)CC1. The molecule has 0 aromatic carbocycles. The highest BCUT2D eigenvalue weighted by Gasteiger charge is 2.29. The Morgan fingerprint density at radius 1 is 1.22 bits per heavy atom. The molecule has 1 heterocycles. The zero-order valence-corrected chi connectivity index (χ0v) is 7.47. The second kappa shape index (κ2) is 2.96. The number of hydrogen-bond donors (Lipinski definition) is 0. The first-order valence-electron chi connectivity index (χ1n) is 3.98. The van der Waals surface area contributed by atoms with Crippen LogP contribution >= 0.6 is 10.0 Å². The Labute approximate surface area is 60.3 Å². The van der Waals surface area contributed by atoms with Crippen molar-refractivity contribution in [3.05, 3.63) is 0 Å². The molecule has 0 amide bonds. The molecule has 1 heteroatoms. The molecule has 0 radical (unpaired) electrons. The molecular formula is C8H18S. The summed E-state index contributed by atoms with van der Waals surface area (Å²) in [6.07, 6.45) is 6.85. The number of rotatable bonds is 4. The zero-order chi connectivity index (χ0) is 6.74. The van der Waals surface area contributed by atoms with Crippen LogP contribution in [0.25, 0.3) is 0 Å². The Morgan fingerprint density at radius 2 is 1.89 bits per heavy atom. The summed E-state index contributed by atoms with van der Waals surface area (Å²) in [4.78, 5) is 0. The molecule has 0 bridgehead atoms. The van der Waals surface area contributed by atoms with Gasteiger partial charge in [-0.3, -0.25) is 0 Å². The predicted molar refractivity (Wildman–Crippen MR) is 47.6 cm³/mol. The van der Waals surface area contributed by atoms with E-state index in [2.05, 4.69) is 13.2 Å². The quantitative estimate of drug-likeness (QED) is 0.422. The largest absolute Gasteiger partial charge is 0.242 e. The Morgan fingerprint density at radius 3 is 2.33 bits per heavy atom. The van der Waals surface area contributed by atoms with E-state index in [0.29, 0.717) is 0 Å². The van der Waals surface area contributed by atoms with Crippen molar-refractivity contribution in [1.82, 2.24) is 0 Å². The van der Waals surface area contributed by atoms with Crippen LogP contribution < -0.4 is 0 Å². The fraction of sp³-hybridized carbons (Fsp3) is 1.00. The van der Waals surface area contributed by atoms with E-state index in [0.717, 1.165) is 0 Å². The highest BCUT2D eigenvalue weighted by atomic mass is 32.3. The van der Waals surface area contributed by atoms with E-state index in [-0.39, 0.29) is 10.0 Å². The van der Waals surface area contributed by atoms with Gasteiger partial charge in [-0.25, -0.2) is 10.0 Å². The van der Waals surface area contributed by atoms with E-state index in [1.807, 2.05) is 0 Å². The molecule has 1 aliphatic heterocycles. The van der Waals surface area contributed by atoms with Gasteiger partial charge in [0, 0.05) is 0 Å². The van der Waals surface area contributed by atoms with Gasteiger partial charge in [0.05, 0.1) is 0 Å². The van der Waals surface area contributed by atoms with Gasteiger partial charge in [0.1, 0.15) is 0 Å². The van der Waals surface area contributed by atoms with Crippen molar-refractivity contribution in [1.29, 1.82) is 0 Å². The molecule has 0 nitrogen and oxygen atoms in total. The van der Waals surface area contributed by atoms with Gasteiger partial charge in [-0.2, -0.15) is 0 Å². The zero-order valence-electron chi connectivity index (χ0n) is 6.65. The molecule has 0 aromatic heterocycles. The molecule has 0 aromatic rings. The van der Waals surface area contributed by atoms with Crippen LogP contribution in [0.3, 0.4) is 0 Å². The second-order valence-corrected chi connectivity index (χ2v) is 7.48. The maximum atomic E-state index is 2.50. The summed E-state index contributed by atoms with van der Waals surface area (Å²) in [7, 11) is 0.0536. The van der Waals surface area contributed by atoms with Crippen LogP contribution in [0.1, 0.15) is 26.2 Å². The summed E-state index contributed by atoms with van der Waals surface area (Å²) in [5.74, 6) is 4.73. The summed E-state index contributed by atoms with van der Waals surface area (Å²) in [5.41, 5.74) is 0. The average molecular weight is 146 g/mol.